The molecule has 1 N–H and O–H groups in total. The number of carbonyl (C=O) groups excluding carboxylic acids is 1. The van der Waals surface area contributed by atoms with Crippen molar-refractivity contribution in [2.24, 2.45) is 0 Å². The third-order valence-electron chi connectivity index (χ3n) is 3.51. The van der Waals surface area contributed by atoms with E-state index < -0.39 is 0 Å². The summed E-state index contributed by atoms with van der Waals surface area (Å²) in [6.07, 6.45) is 1.57. The predicted octanol–water partition coefficient (Wildman–Crippen LogP) is 3.67. The first-order chi connectivity index (χ1) is 10.7. The molecule has 1 amide bonds. The molecular weight excluding hydrogens is 274 g/mol. The lowest BCUT2D eigenvalue weighted by Gasteiger charge is -2.13. The second-order valence-electron chi connectivity index (χ2n) is 4.94. The van der Waals surface area contributed by atoms with Crippen molar-refractivity contribution in [2.45, 2.75) is 6.92 Å². The Kier molecular flexibility index (Phi) is 3.55. The maximum absolute atomic E-state index is 12.4. The minimum Gasteiger partial charge on any atom is -0.320 e. The van der Waals surface area contributed by atoms with Gasteiger partial charge < -0.3 is 5.32 Å². The molecule has 0 atom stereocenters. The first-order valence-corrected chi connectivity index (χ1v) is 6.85. The zero-order valence-electron chi connectivity index (χ0n) is 12.0. The van der Waals surface area contributed by atoms with E-state index in [0.29, 0.717) is 16.9 Å². The Labute approximate surface area is 128 Å². The monoisotopic (exact) mass is 287 g/mol. The molecule has 3 rings (SSSR count). The van der Waals surface area contributed by atoms with E-state index in [-0.39, 0.29) is 5.91 Å². The van der Waals surface area contributed by atoms with Crippen LogP contribution >= 0.6 is 0 Å². The van der Waals surface area contributed by atoms with Gasteiger partial charge in [0.25, 0.3) is 5.91 Å². The number of carbonyl (C=O) groups is 1. The Balaban J connectivity index is 2.13. The fourth-order valence-electron chi connectivity index (χ4n) is 2.41. The molecule has 0 aliphatic heterocycles. The second kappa shape index (κ2) is 5.66. The van der Waals surface area contributed by atoms with Crippen LogP contribution in [-0.4, -0.2) is 10.9 Å². The summed E-state index contributed by atoms with van der Waals surface area (Å²) in [5, 5.41) is 13.9. The Bertz CT molecular complexity index is 895. The second-order valence-corrected chi connectivity index (χ2v) is 4.94. The SMILES string of the molecule is Cc1ccc2cccc(C#N)c2c1NC(=O)c1ccccn1. The van der Waals surface area contributed by atoms with E-state index in [1.54, 1.807) is 30.5 Å². The van der Waals surface area contributed by atoms with E-state index in [2.05, 4.69) is 16.4 Å². The number of amides is 1. The quantitative estimate of drug-likeness (QED) is 0.782. The lowest BCUT2D eigenvalue weighted by molar-refractivity contribution is 0.102. The molecule has 4 nitrogen and oxygen atoms in total. The number of hydrogen-bond acceptors (Lipinski definition) is 3. The summed E-state index contributed by atoms with van der Waals surface area (Å²) in [6, 6.07) is 16.7. The highest BCUT2D eigenvalue weighted by atomic mass is 16.1. The van der Waals surface area contributed by atoms with Crippen molar-refractivity contribution in [3.05, 3.63) is 71.5 Å². The minimum absolute atomic E-state index is 0.288. The Morgan fingerprint density at radius 2 is 2.00 bits per heavy atom. The van der Waals surface area contributed by atoms with Crippen LogP contribution in [0.4, 0.5) is 5.69 Å². The van der Waals surface area contributed by atoms with Crippen LogP contribution in [0, 0.1) is 18.3 Å². The molecule has 0 aliphatic carbocycles. The average Bonchev–Trinajstić information content (AvgIpc) is 2.57. The van der Waals surface area contributed by atoms with Gasteiger partial charge in [0, 0.05) is 11.6 Å². The van der Waals surface area contributed by atoms with Crippen LogP contribution in [0.5, 0.6) is 0 Å². The number of anilines is 1. The number of aromatic nitrogens is 1. The van der Waals surface area contributed by atoms with Crippen molar-refractivity contribution in [3.63, 3.8) is 0 Å². The number of nitrogens with zero attached hydrogens (tertiary/aromatic N) is 2. The van der Waals surface area contributed by atoms with Crippen molar-refractivity contribution in [1.29, 1.82) is 5.26 Å². The first kappa shape index (κ1) is 13.8. The highest BCUT2D eigenvalue weighted by molar-refractivity contribution is 6.10. The van der Waals surface area contributed by atoms with Crippen molar-refractivity contribution in [3.8, 4) is 6.07 Å². The highest BCUT2D eigenvalue weighted by Crippen LogP contribution is 2.30. The highest BCUT2D eigenvalue weighted by Gasteiger charge is 2.13. The van der Waals surface area contributed by atoms with Crippen LogP contribution in [0.25, 0.3) is 10.8 Å². The number of nitrogens with one attached hydrogen (secondary N) is 1. The predicted molar refractivity (Wildman–Crippen MR) is 85.6 cm³/mol. The molecule has 106 valence electrons. The van der Waals surface area contributed by atoms with Gasteiger partial charge in [-0.15, -0.1) is 0 Å². The van der Waals surface area contributed by atoms with Gasteiger partial charge in [0.05, 0.1) is 17.3 Å². The van der Waals surface area contributed by atoms with Crippen LogP contribution in [-0.2, 0) is 0 Å². The van der Waals surface area contributed by atoms with E-state index in [1.807, 2.05) is 31.2 Å². The smallest absolute Gasteiger partial charge is 0.274 e. The maximum Gasteiger partial charge on any atom is 0.274 e. The summed E-state index contributed by atoms with van der Waals surface area (Å²) in [6.45, 7) is 1.90. The van der Waals surface area contributed by atoms with Crippen molar-refractivity contribution in [1.82, 2.24) is 4.98 Å². The first-order valence-electron chi connectivity index (χ1n) is 6.85. The van der Waals surface area contributed by atoms with Crippen LogP contribution < -0.4 is 5.32 Å². The van der Waals surface area contributed by atoms with Crippen LogP contribution in [0.3, 0.4) is 0 Å². The van der Waals surface area contributed by atoms with Gasteiger partial charge in [0.15, 0.2) is 0 Å². The van der Waals surface area contributed by atoms with Gasteiger partial charge in [0.1, 0.15) is 5.69 Å². The van der Waals surface area contributed by atoms with Gasteiger partial charge in [-0.2, -0.15) is 5.26 Å². The van der Waals surface area contributed by atoms with Gasteiger partial charge in [-0.25, -0.2) is 0 Å². The Hall–Kier alpha value is -3.19. The fraction of sp³-hybridized carbons (Fsp3) is 0.0556. The molecule has 2 aromatic carbocycles. The zero-order chi connectivity index (χ0) is 15.5. The molecule has 3 aromatic rings. The van der Waals surface area contributed by atoms with Crippen LogP contribution in [0.2, 0.25) is 0 Å². The number of rotatable bonds is 2. The maximum atomic E-state index is 12.4. The third-order valence-corrected chi connectivity index (χ3v) is 3.51. The molecule has 0 unspecified atom stereocenters. The van der Waals surface area contributed by atoms with Gasteiger partial charge in [-0.3, -0.25) is 9.78 Å². The summed E-state index contributed by atoms with van der Waals surface area (Å²) in [4.78, 5) is 16.4. The number of aryl methyl sites for hydroxylation is 1. The summed E-state index contributed by atoms with van der Waals surface area (Å²) in [7, 11) is 0. The molecule has 0 saturated carbocycles. The van der Waals surface area contributed by atoms with Gasteiger partial charge in [0.2, 0.25) is 0 Å². The average molecular weight is 287 g/mol. The van der Waals surface area contributed by atoms with Crippen molar-refractivity contribution < 1.29 is 4.79 Å². The standard InChI is InChI=1S/C18H13N3O/c1-12-8-9-13-5-4-6-14(11-19)16(13)17(12)21-18(22)15-7-2-3-10-20-15/h2-10H,1H3,(H,21,22). The van der Waals surface area contributed by atoms with Gasteiger partial charge in [-0.1, -0.05) is 30.3 Å². The normalized spacial score (nSPS) is 10.2. The van der Waals surface area contributed by atoms with E-state index in [4.69, 9.17) is 0 Å². The van der Waals surface area contributed by atoms with Crippen molar-refractivity contribution >= 4 is 22.4 Å². The molecule has 1 aromatic heterocycles. The molecule has 4 heteroatoms. The number of fused-ring (bicyclic) bond motifs is 1. The number of hydrogen-bond donors (Lipinski definition) is 1. The molecule has 0 saturated heterocycles. The molecule has 0 fully saturated rings. The summed E-state index contributed by atoms with van der Waals surface area (Å²) >= 11 is 0. The summed E-state index contributed by atoms with van der Waals surface area (Å²) in [5.74, 6) is -0.288. The Morgan fingerprint density at radius 1 is 1.14 bits per heavy atom. The number of pyridine rings is 1. The zero-order valence-corrected chi connectivity index (χ0v) is 12.0. The molecule has 0 radical (unpaired) electrons. The van der Waals surface area contributed by atoms with Crippen LogP contribution in [0.15, 0.2) is 54.7 Å². The van der Waals surface area contributed by atoms with Gasteiger partial charge in [-0.05, 0) is 36.1 Å². The molecule has 0 aliphatic rings. The topological polar surface area (TPSA) is 65.8 Å². The van der Waals surface area contributed by atoms with Crippen molar-refractivity contribution in [2.75, 3.05) is 5.32 Å². The lowest BCUT2D eigenvalue weighted by atomic mass is 10.00. The lowest BCUT2D eigenvalue weighted by Crippen LogP contribution is -2.14. The van der Waals surface area contributed by atoms with Crippen LogP contribution in [0.1, 0.15) is 21.6 Å². The van der Waals surface area contributed by atoms with E-state index in [0.717, 1.165) is 16.3 Å². The molecular formula is C18H13N3O. The number of benzene rings is 2. The van der Waals surface area contributed by atoms with E-state index in [1.165, 1.54) is 0 Å². The largest absolute Gasteiger partial charge is 0.320 e. The van der Waals surface area contributed by atoms with Gasteiger partial charge >= 0.3 is 0 Å². The molecule has 0 spiro atoms. The Morgan fingerprint density at radius 3 is 2.73 bits per heavy atom. The minimum atomic E-state index is -0.288. The number of nitriles is 1. The molecule has 1 heterocycles. The molecule has 0 bridgehead atoms. The van der Waals surface area contributed by atoms with E-state index >= 15 is 0 Å². The molecule has 22 heavy (non-hydrogen) atoms. The fourth-order valence-corrected chi connectivity index (χ4v) is 2.41. The summed E-state index contributed by atoms with van der Waals surface area (Å²) in [5.41, 5.74) is 2.44. The third kappa shape index (κ3) is 2.40. The van der Waals surface area contributed by atoms with E-state index in [9.17, 15) is 10.1 Å². The summed E-state index contributed by atoms with van der Waals surface area (Å²) < 4.78 is 0.